The third-order valence-corrected chi connectivity index (χ3v) is 3.95. The molecule has 0 aliphatic rings. The SMILES string of the molecule is CC(C)C(C)(C)NCC(=O)C(C)(C)NC(=O)C(C)(C)C. The summed E-state index contributed by atoms with van der Waals surface area (Å²) in [5.74, 6) is 0.297. The van der Waals surface area contributed by atoms with Gasteiger partial charge in [-0.25, -0.2) is 0 Å². The average Bonchev–Trinajstić information content (AvgIpc) is 2.23. The lowest BCUT2D eigenvalue weighted by Gasteiger charge is -2.33. The van der Waals surface area contributed by atoms with Crippen molar-refractivity contribution >= 4 is 11.7 Å². The lowest BCUT2D eigenvalue weighted by atomic mass is 9.89. The number of hydrogen-bond donors (Lipinski definition) is 2. The van der Waals surface area contributed by atoms with Gasteiger partial charge in [0.15, 0.2) is 5.78 Å². The zero-order valence-corrected chi connectivity index (χ0v) is 14.6. The number of carbonyl (C=O) groups is 2. The van der Waals surface area contributed by atoms with E-state index in [1.165, 1.54) is 0 Å². The van der Waals surface area contributed by atoms with E-state index in [9.17, 15) is 9.59 Å². The van der Waals surface area contributed by atoms with Crippen LogP contribution in [-0.2, 0) is 9.59 Å². The molecule has 118 valence electrons. The van der Waals surface area contributed by atoms with Crippen molar-refractivity contribution in [3.8, 4) is 0 Å². The van der Waals surface area contributed by atoms with Crippen LogP contribution in [0, 0.1) is 11.3 Å². The third kappa shape index (κ3) is 5.61. The van der Waals surface area contributed by atoms with Crippen LogP contribution >= 0.6 is 0 Å². The Kier molecular flexibility index (Phi) is 5.97. The molecule has 0 fully saturated rings. The first-order valence-corrected chi connectivity index (χ1v) is 7.31. The molecule has 0 bridgehead atoms. The van der Waals surface area contributed by atoms with Gasteiger partial charge in [0.1, 0.15) is 0 Å². The molecule has 0 radical (unpaired) electrons. The maximum absolute atomic E-state index is 12.3. The highest BCUT2D eigenvalue weighted by molar-refractivity contribution is 5.94. The van der Waals surface area contributed by atoms with Gasteiger partial charge < -0.3 is 10.6 Å². The van der Waals surface area contributed by atoms with Gasteiger partial charge in [0.25, 0.3) is 0 Å². The Morgan fingerprint density at radius 3 is 1.75 bits per heavy atom. The van der Waals surface area contributed by atoms with E-state index >= 15 is 0 Å². The Hall–Kier alpha value is -0.900. The molecule has 0 heterocycles. The highest BCUT2D eigenvalue weighted by Gasteiger charge is 2.34. The van der Waals surface area contributed by atoms with E-state index in [4.69, 9.17) is 0 Å². The molecule has 0 rings (SSSR count). The minimum Gasteiger partial charge on any atom is -0.344 e. The van der Waals surface area contributed by atoms with E-state index in [0.717, 1.165) is 0 Å². The first-order chi connectivity index (χ1) is 8.70. The Bertz CT molecular complexity index is 363. The van der Waals surface area contributed by atoms with Crippen LogP contribution < -0.4 is 10.6 Å². The van der Waals surface area contributed by atoms with E-state index in [1.54, 1.807) is 13.8 Å². The van der Waals surface area contributed by atoms with Gasteiger partial charge in [-0.2, -0.15) is 0 Å². The summed E-state index contributed by atoms with van der Waals surface area (Å²) in [4.78, 5) is 24.3. The summed E-state index contributed by atoms with van der Waals surface area (Å²) < 4.78 is 0. The quantitative estimate of drug-likeness (QED) is 0.788. The number of amides is 1. The zero-order valence-electron chi connectivity index (χ0n) is 14.6. The van der Waals surface area contributed by atoms with Gasteiger partial charge in [0.05, 0.1) is 12.1 Å². The molecule has 0 aromatic heterocycles. The molecular formula is C16H32N2O2. The van der Waals surface area contributed by atoms with Crippen molar-refractivity contribution < 1.29 is 9.59 Å². The van der Waals surface area contributed by atoms with Crippen molar-refractivity contribution in [1.82, 2.24) is 10.6 Å². The second kappa shape index (κ2) is 6.25. The summed E-state index contributed by atoms with van der Waals surface area (Å²) in [5.41, 5.74) is -1.47. The normalized spacial score (nSPS) is 13.5. The highest BCUT2D eigenvalue weighted by atomic mass is 16.2. The van der Waals surface area contributed by atoms with E-state index in [1.807, 2.05) is 20.8 Å². The summed E-state index contributed by atoms with van der Waals surface area (Å²) in [5, 5.41) is 6.11. The van der Waals surface area contributed by atoms with Crippen molar-refractivity contribution in [2.45, 2.75) is 73.4 Å². The molecule has 0 aliphatic carbocycles. The molecule has 0 unspecified atom stereocenters. The van der Waals surface area contributed by atoms with Crippen molar-refractivity contribution in [2.24, 2.45) is 11.3 Å². The standard InChI is InChI=1S/C16H32N2O2/c1-11(2)15(6,7)17-10-12(19)16(8,9)18-13(20)14(3,4)5/h11,17H,10H2,1-9H3,(H,18,20). The maximum atomic E-state index is 12.3. The molecule has 1 amide bonds. The van der Waals surface area contributed by atoms with Crippen LogP contribution in [0.1, 0.15) is 62.3 Å². The Balaban J connectivity index is 4.65. The number of hydrogen-bond acceptors (Lipinski definition) is 3. The van der Waals surface area contributed by atoms with E-state index in [-0.39, 0.29) is 23.8 Å². The van der Waals surface area contributed by atoms with Gasteiger partial charge in [0.2, 0.25) is 5.91 Å². The zero-order chi connectivity index (χ0) is 16.4. The van der Waals surface area contributed by atoms with Gasteiger partial charge in [-0.3, -0.25) is 9.59 Å². The first-order valence-electron chi connectivity index (χ1n) is 7.31. The predicted octanol–water partition coefficient (Wildman–Crippen LogP) is 2.52. The maximum Gasteiger partial charge on any atom is 0.226 e. The smallest absolute Gasteiger partial charge is 0.226 e. The van der Waals surface area contributed by atoms with Crippen LogP contribution in [-0.4, -0.2) is 29.3 Å². The predicted molar refractivity (Wildman–Crippen MR) is 83.6 cm³/mol. The van der Waals surface area contributed by atoms with E-state index in [2.05, 4.69) is 38.3 Å². The highest BCUT2D eigenvalue weighted by Crippen LogP contribution is 2.17. The summed E-state index contributed by atoms with van der Waals surface area (Å²) in [6.45, 7) is 17.6. The molecule has 4 heteroatoms. The molecule has 0 atom stereocenters. The second-order valence-electron chi connectivity index (χ2n) is 7.98. The van der Waals surface area contributed by atoms with E-state index in [0.29, 0.717) is 5.92 Å². The second-order valence-corrected chi connectivity index (χ2v) is 7.98. The van der Waals surface area contributed by atoms with Crippen LogP contribution in [0.4, 0.5) is 0 Å². The molecule has 0 aromatic rings. The third-order valence-electron chi connectivity index (χ3n) is 3.95. The van der Waals surface area contributed by atoms with Gasteiger partial charge in [-0.05, 0) is 33.6 Å². The molecule has 0 saturated heterocycles. The number of Topliss-reactive ketones (excluding diaryl/α,β-unsaturated/α-hetero) is 1. The molecule has 0 saturated carbocycles. The Morgan fingerprint density at radius 2 is 1.40 bits per heavy atom. The number of rotatable bonds is 6. The summed E-state index contributed by atoms with van der Waals surface area (Å²) in [7, 11) is 0. The van der Waals surface area contributed by atoms with Crippen molar-refractivity contribution in [2.75, 3.05) is 6.54 Å². The van der Waals surface area contributed by atoms with Crippen LogP contribution in [0.25, 0.3) is 0 Å². The lowest BCUT2D eigenvalue weighted by molar-refractivity contribution is -0.135. The van der Waals surface area contributed by atoms with Gasteiger partial charge in [-0.15, -0.1) is 0 Å². The average molecular weight is 284 g/mol. The fourth-order valence-electron chi connectivity index (χ4n) is 1.27. The fourth-order valence-corrected chi connectivity index (χ4v) is 1.27. The molecule has 0 spiro atoms. The lowest BCUT2D eigenvalue weighted by Crippen LogP contribution is -2.57. The summed E-state index contributed by atoms with van der Waals surface area (Å²) >= 11 is 0. The monoisotopic (exact) mass is 284 g/mol. The Morgan fingerprint density at radius 1 is 0.950 bits per heavy atom. The van der Waals surface area contributed by atoms with Crippen molar-refractivity contribution in [3.05, 3.63) is 0 Å². The van der Waals surface area contributed by atoms with Gasteiger partial charge >= 0.3 is 0 Å². The minimum absolute atomic E-state index is 0.0103. The minimum atomic E-state index is -0.857. The van der Waals surface area contributed by atoms with Crippen molar-refractivity contribution in [3.63, 3.8) is 0 Å². The number of ketones is 1. The van der Waals surface area contributed by atoms with Crippen LogP contribution in [0.2, 0.25) is 0 Å². The van der Waals surface area contributed by atoms with Crippen LogP contribution in [0.5, 0.6) is 0 Å². The molecule has 2 N–H and O–H groups in total. The number of carbonyl (C=O) groups excluding carboxylic acids is 2. The topological polar surface area (TPSA) is 58.2 Å². The van der Waals surface area contributed by atoms with Crippen LogP contribution in [0.3, 0.4) is 0 Å². The van der Waals surface area contributed by atoms with Gasteiger partial charge in [0, 0.05) is 11.0 Å². The summed E-state index contributed by atoms with van der Waals surface area (Å²) in [6.07, 6.45) is 0. The first kappa shape index (κ1) is 19.1. The fraction of sp³-hybridized carbons (Fsp3) is 0.875. The Labute approximate surface area is 124 Å². The number of nitrogens with one attached hydrogen (secondary N) is 2. The largest absolute Gasteiger partial charge is 0.344 e. The molecular weight excluding hydrogens is 252 g/mol. The van der Waals surface area contributed by atoms with Crippen molar-refractivity contribution in [1.29, 1.82) is 0 Å². The van der Waals surface area contributed by atoms with Crippen LogP contribution in [0.15, 0.2) is 0 Å². The van der Waals surface area contributed by atoms with E-state index < -0.39 is 11.0 Å². The summed E-state index contributed by atoms with van der Waals surface area (Å²) in [6, 6.07) is 0. The molecule has 0 aliphatic heterocycles. The molecule has 0 aromatic carbocycles. The molecule has 4 nitrogen and oxygen atoms in total. The molecule has 20 heavy (non-hydrogen) atoms. The van der Waals surface area contributed by atoms with Gasteiger partial charge in [-0.1, -0.05) is 34.6 Å².